The molecule has 27 heavy (non-hydrogen) atoms. The molecule has 1 aliphatic rings. The van der Waals surface area contributed by atoms with Gasteiger partial charge in [0.1, 0.15) is 11.4 Å². The van der Waals surface area contributed by atoms with Crippen LogP contribution in [0.5, 0.6) is 0 Å². The Morgan fingerprint density at radius 2 is 1.89 bits per heavy atom. The number of halogens is 5. The first-order chi connectivity index (χ1) is 12.5. The monoisotopic (exact) mass is 388 g/mol. The molecule has 10 heteroatoms. The minimum atomic E-state index is -4.69. The Labute approximate surface area is 151 Å². The van der Waals surface area contributed by atoms with Gasteiger partial charge in [-0.25, -0.2) is 18.7 Å². The van der Waals surface area contributed by atoms with Crippen LogP contribution in [0.3, 0.4) is 0 Å². The summed E-state index contributed by atoms with van der Waals surface area (Å²) in [5, 5.41) is 0. The van der Waals surface area contributed by atoms with Crippen LogP contribution >= 0.6 is 0 Å². The van der Waals surface area contributed by atoms with Gasteiger partial charge in [0.15, 0.2) is 5.82 Å². The number of rotatable bonds is 2. The topological polar surface area (TPSA) is 61.9 Å². The summed E-state index contributed by atoms with van der Waals surface area (Å²) in [5.41, 5.74) is -1.33. The van der Waals surface area contributed by atoms with Crippen molar-refractivity contribution in [1.29, 1.82) is 0 Å². The van der Waals surface area contributed by atoms with Crippen LogP contribution in [0.4, 0.5) is 27.6 Å². The highest BCUT2D eigenvalue weighted by molar-refractivity contribution is 5.71. The second-order valence-electron chi connectivity index (χ2n) is 6.49. The first-order valence-corrected chi connectivity index (χ1v) is 8.34. The molecule has 0 amide bonds. The Hall–Kier alpha value is -2.52. The molecule has 1 N–H and O–H groups in total. The van der Waals surface area contributed by atoms with Crippen molar-refractivity contribution >= 4 is 5.69 Å². The number of alkyl halides is 5. The van der Waals surface area contributed by atoms with Gasteiger partial charge in [-0.15, -0.1) is 0 Å². The van der Waals surface area contributed by atoms with Crippen LogP contribution in [0.15, 0.2) is 23.0 Å². The molecule has 0 saturated carbocycles. The van der Waals surface area contributed by atoms with E-state index in [0.29, 0.717) is 5.69 Å². The average molecular weight is 388 g/mol. The molecule has 1 saturated heterocycles. The number of hydrogen-bond acceptors (Lipinski definition) is 4. The lowest BCUT2D eigenvalue weighted by molar-refractivity contribution is -0.141. The zero-order valence-corrected chi connectivity index (χ0v) is 14.4. The zero-order chi connectivity index (χ0) is 19.8. The van der Waals surface area contributed by atoms with E-state index in [0.717, 1.165) is 6.07 Å². The van der Waals surface area contributed by atoms with Gasteiger partial charge < -0.3 is 9.88 Å². The van der Waals surface area contributed by atoms with Gasteiger partial charge in [-0.2, -0.15) is 13.2 Å². The minimum absolute atomic E-state index is 0.0386. The second-order valence-corrected chi connectivity index (χ2v) is 6.49. The molecule has 0 unspecified atom stereocenters. The van der Waals surface area contributed by atoms with Crippen LogP contribution in [0.2, 0.25) is 0 Å². The highest BCUT2D eigenvalue weighted by Crippen LogP contribution is 2.36. The van der Waals surface area contributed by atoms with Gasteiger partial charge in [-0.05, 0) is 25.5 Å². The summed E-state index contributed by atoms with van der Waals surface area (Å²) < 4.78 is 66.7. The third-order valence-electron chi connectivity index (χ3n) is 4.32. The number of anilines is 1. The van der Waals surface area contributed by atoms with E-state index in [-0.39, 0.29) is 43.1 Å². The molecule has 3 heterocycles. The summed E-state index contributed by atoms with van der Waals surface area (Å²) in [6, 6.07) is 3.19. The fourth-order valence-corrected chi connectivity index (χ4v) is 3.04. The van der Waals surface area contributed by atoms with Crippen LogP contribution < -0.4 is 10.5 Å². The van der Waals surface area contributed by atoms with Crippen LogP contribution in [0, 0.1) is 6.92 Å². The Kier molecular flexibility index (Phi) is 4.92. The lowest BCUT2D eigenvalue weighted by Gasteiger charge is -2.25. The number of hydrogen-bond donors (Lipinski definition) is 1. The van der Waals surface area contributed by atoms with Crippen molar-refractivity contribution in [2.45, 2.75) is 38.3 Å². The Morgan fingerprint density at radius 1 is 1.15 bits per heavy atom. The third kappa shape index (κ3) is 4.42. The van der Waals surface area contributed by atoms with Gasteiger partial charge in [0.2, 0.25) is 5.92 Å². The van der Waals surface area contributed by atoms with E-state index in [1.807, 2.05) is 0 Å². The number of pyridine rings is 1. The van der Waals surface area contributed by atoms with Gasteiger partial charge in [-0.3, -0.25) is 4.79 Å². The number of aromatic amines is 1. The maximum atomic E-state index is 13.7. The standard InChI is InChI=1S/C17H17F5N4O/c1-10-9-13(27)25-15(23-10)14-11(3-4-12(24-14)17(20,21)22)26-7-2-5-16(18,19)6-8-26/h3-4,9H,2,5-8H2,1H3,(H,23,25,27). The molecule has 1 aliphatic heterocycles. The fraction of sp³-hybridized carbons (Fsp3) is 0.471. The van der Waals surface area contributed by atoms with E-state index in [2.05, 4.69) is 15.0 Å². The Balaban J connectivity index is 2.11. The predicted molar refractivity (Wildman–Crippen MR) is 88.8 cm³/mol. The number of nitrogens with zero attached hydrogens (tertiary/aromatic N) is 3. The summed E-state index contributed by atoms with van der Waals surface area (Å²) in [6.07, 6.45) is -5.20. The van der Waals surface area contributed by atoms with Crippen LogP contribution in [0.1, 0.15) is 30.7 Å². The molecule has 146 valence electrons. The molecule has 2 aromatic rings. The second kappa shape index (κ2) is 6.90. The van der Waals surface area contributed by atoms with Gasteiger partial charge in [0, 0.05) is 37.7 Å². The number of aryl methyl sites for hydroxylation is 1. The zero-order valence-electron chi connectivity index (χ0n) is 14.4. The molecule has 2 aromatic heterocycles. The summed E-state index contributed by atoms with van der Waals surface area (Å²) in [7, 11) is 0. The molecule has 1 fully saturated rings. The maximum absolute atomic E-state index is 13.7. The summed E-state index contributed by atoms with van der Waals surface area (Å²) in [4.78, 5) is 23.4. The van der Waals surface area contributed by atoms with Crippen molar-refractivity contribution in [3.05, 3.63) is 39.9 Å². The van der Waals surface area contributed by atoms with Gasteiger partial charge in [0.25, 0.3) is 5.56 Å². The predicted octanol–water partition coefficient (Wildman–Crippen LogP) is 3.78. The molecule has 0 spiro atoms. The minimum Gasteiger partial charge on any atom is -0.369 e. The molecule has 5 nitrogen and oxygen atoms in total. The molecular weight excluding hydrogens is 371 g/mol. The fourth-order valence-electron chi connectivity index (χ4n) is 3.04. The van der Waals surface area contributed by atoms with Crippen molar-refractivity contribution in [2.75, 3.05) is 18.0 Å². The smallest absolute Gasteiger partial charge is 0.369 e. The van der Waals surface area contributed by atoms with E-state index >= 15 is 0 Å². The highest BCUT2D eigenvalue weighted by atomic mass is 19.4. The van der Waals surface area contributed by atoms with E-state index in [9.17, 15) is 26.7 Å². The third-order valence-corrected chi connectivity index (χ3v) is 4.32. The van der Waals surface area contributed by atoms with Crippen molar-refractivity contribution < 1.29 is 22.0 Å². The molecule has 0 aliphatic carbocycles. The Morgan fingerprint density at radius 3 is 2.56 bits per heavy atom. The van der Waals surface area contributed by atoms with E-state index in [4.69, 9.17) is 0 Å². The molecule has 0 bridgehead atoms. The highest BCUT2D eigenvalue weighted by Gasteiger charge is 2.35. The largest absolute Gasteiger partial charge is 0.433 e. The normalized spacial score (nSPS) is 17.6. The van der Waals surface area contributed by atoms with Crippen LogP contribution in [-0.4, -0.2) is 34.0 Å². The van der Waals surface area contributed by atoms with Crippen molar-refractivity contribution in [3.63, 3.8) is 0 Å². The van der Waals surface area contributed by atoms with Crippen molar-refractivity contribution in [3.8, 4) is 11.5 Å². The quantitative estimate of drug-likeness (QED) is 0.796. The number of H-pyrrole nitrogens is 1. The summed E-state index contributed by atoms with van der Waals surface area (Å²) in [6.45, 7) is 1.73. The molecule has 3 rings (SSSR count). The van der Waals surface area contributed by atoms with E-state index in [1.54, 1.807) is 4.90 Å². The summed E-state index contributed by atoms with van der Waals surface area (Å²) >= 11 is 0. The SMILES string of the molecule is Cc1cc(=O)[nH]c(-c2nc(C(F)(F)F)ccc2N2CCCC(F)(F)CC2)n1. The molecule has 0 radical (unpaired) electrons. The average Bonchev–Trinajstić information content (AvgIpc) is 2.73. The maximum Gasteiger partial charge on any atom is 0.433 e. The number of nitrogens with one attached hydrogen (secondary N) is 1. The van der Waals surface area contributed by atoms with Gasteiger partial charge in [0.05, 0.1) is 5.69 Å². The van der Waals surface area contributed by atoms with Crippen molar-refractivity contribution in [1.82, 2.24) is 15.0 Å². The molecule has 0 atom stereocenters. The molecule has 0 aromatic carbocycles. The number of aromatic nitrogens is 3. The first-order valence-electron chi connectivity index (χ1n) is 8.34. The van der Waals surface area contributed by atoms with Crippen molar-refractivity contribution in [2.24, 2.45) is 0 Å². The molecular formula is C17H17F5N4O. The van der Waals surface area contributed by atoms with E-state index in [1.165, 1.54) is 19.1 Å². The van der Waals surface area contributed by atoms with Crippen LogP contribution in [0.25, 0.3) is 11.5 Å². The lowest BCUT2D eigenvalue weighted by Crippen LogP contribution is -2.27. The summed E-state index contributed by atoms with van der Waals surface area (Å²) in [5.74, 6) is -2.94. The lowest BCUT2D eigenvalue weighted by atomic mass is 10.1. The van der Waals surface area contributed by atoms with Crippen LogP contribution in [-0.2, 0) is 6.18 Å². The van der Waals surface area contributed by atoms with Gasteiger partial charge >= 0.3 is 6.18 Å². The Bertz CT molecular complexity index is 894. The van der Waals surface area contributed by atoms with E-state index < -0.39 is 29.8 Å². The van der Waals surface area contributed by atoms with Gasteiger partial charge in [-0.1, -0.05) is 0 Å². The first kappa shape index (κ1) is 19.2.